The highest BCUT2D eigenvalue weighted by atomic mass is 35.5. The van der Waals surface area contributed by atoms with E-state index in [2.05, 4.69) is 0 Å². The summed E-state index contributed by atoms with van der Waals surface area (Å²) in [6.45, 7) is 3.51. The van der Waals surface area contributed by atoms with Gasteiger partial charge in [0.15, 0.2) is 0 Å². The van der Waals surface area contributed by atoms with Crippen molar-refractivity contribution in [3.63, 3.8) is 0 Å². The number of halogens is 1. The van der Waals surface area contributed by atoms with Crippen LogP contribution >= 0.6 is 12.4 Å². The molecule has 0 radical (unpaired) electrons. The predicted molar refractivity (Wildman–Crippen MR) is 57.6 cm³/mol. The molecule has 1 amide bonds. The van der Waals surface area contributed by atoms with Crippen molar-refractivity contribution in [1.82, 2.24) is 0 Å². The Morgan fingerprint density at radius 1 is 1.50 bits per heavy atom. The molecule has 0 aromatic heterocycles. The predicted octanol–water partition coefficient (Wildman–Crippen LogP) is 1.57. The Morgan fingerprint density at radius 3 is 2.50 bits per heavy atom. The number of hydrogen-bond acceptors (Lipinski definition) is 2. The van der Waals surface area contributed by atoms with Crippen molar-refractivity contribution < 1.29 is 9.90 Å². The van der Waals surface area contributed by atoms with Crippen LogP contribution in [0, 0.1) is 6.92 Å². The van der Waals surface area contributed by atoms with Gasteiger partial charge in [0.1, 0.15) is 0 Å². The maximum Gasteiger partial charge on any atom is 0.249 e. The minimum atomic E-state index is -0.664. The number of aliphatic hydroxyl groups is 1. The molecule has 0 aliphatic rings. The lowest BCUT2D eigenvalue weighted by Crippen LogP contribution is -2.14. The van der Waals surface area contributed by atoms with Crippen LogP contribution < -0.4 is 5.73 Å². The minimum absolute atomic E-state index is 0. The van der Waals surface area contributed by atoms with Crippen LogP contribution in [0.5, 0.6) is 0 Å². The Kier molecular flexibility index (Phi) is 4.60. The molecular weight excluding hydrogens is 202 g/mol. The van der Waals surface area contributed by atoms with Gasteiger partial charge >= 0.3 is 0 Å². The SMILES string of the molecule is Cc1ccc(C(N)=O)c(C(C)O)c1.Cl. The van der Waals surface area contributed by atoms with Crippen LogP contribution in [-0.2, 0) is 0 Å². The average Bonchev–Trinajstić information content (AvgIpc) is 2.03. The van der Waals surface area contributed by atoms with E-state index >= 15 is 0 Å². The number of primary amides is 1. The third kappa shape index (κ3) is 2.72. The molecule has 14 heavy (non-hydrogen) atoms. The van der Waals surface area contributed by atoms with Crippen LogP contribution in [0.1, 0.15) is 34.5 Å². The number of nitrogens with two attached hydrogens (primary N) is 1. The summed E-state index contributed by atoms with van der Waals surface area (Å²) in [5.74, 6) is -0.504. The van der Waals surface area contributed by atoms with Crippen molar-refractivity contribution in [2.75, 3.05) is 0 Å². The van der Waals surface area contributed by atoms with Gasteiger partial charge in [0.25, 0.3) is 0 Å². The van der Waals surface area contributed by atoms with E-state index in [1.807, 2.05) is 6.92 Å². The van der Waals surface area contributed by atoms with Gasteiger partial charge in [0.2, 0.25) is 5.91 Å². The van der Waals surface area contributed by atoms with E-state index in [1.165, 1.54) is 0 Å². The molecule has 0 heterocycles. The summed E-state index contributed by atoms with van der Waals surface area (Å²) >= 11 is 0. The fraction of sp³-hybridized carbons (Fsp3) is 0.300. The first kappa shape index (κ1) is 12.9. The van der Waals surface area contributed by atoms with Gasteiger partial charge in [-0.15, -0.1) is 12.4 Å². The standard InChI is InChI=1S/C10H13NO2.ClH/c1-6-3-4-8(10(11)13)9(5-6)7(2)12;/h3-5,7,12H,1-2H3,(H2,11,13);1H. The summed E-state index contributed by atoms with van der Waals surface area (Å²) in [5, 5.41) is 9.37. The highest BCUT2D eigenvalue weighted by molar-refractivity contribution is 5.94. The van der Waals surface area contributed by atoms with Crippen LogP contribution in [0.4, 0.5) is 0 Å². The van der Waals surface area contributed by atoms with Gasteiger partial charge in [-0.25, -0.2) is 0 Å². The Hall–Kier alpha value is -1.06. The van der Waals surface area contributed by atoms with Crippen molar-refractivity contribution in [2.24, 2.45) is 5.73 Å². The highest BCUT2D eigenvalue weighted by Crippen LogP contribution is 2.18. The Morgan fingerprint density at radius 2 is 2.07 bits per heavy atom. The average molecular weight is 216 g/mol. The monoisotopic (exact) mass is 215 g/mol. The molecule has 0 saturated carbocycles. The number of aliphatic hydroxyl groups excluding tert-OH is 1. The molecule has 3 N–H and O–H groups in total. The lowest BCUT2D eigenvalue weighted by Gasteiger charge is -2.09. The van der Waals surface area contributed by atoms with Crippen LogP contribution in [0.15, 0.2) is 18.2 Å². The van der Waals surface area contributed by atoms with Gasteiger partial charge in [-0.2, -0.15) is 0 Å². The van der Waals surface area contributed by atoms with Crippen molar-refractivity contribution in [1.29, 1.82) is 0 Å². The van der Waals surface area contributed by atoms with Crippen molar-refractivity contribution in [3.8, 4) is 0 Å². The first-order valence-corrected chi connectivity index (χ1v) is 4.11. The van der Waals surface area contributed by atoms with E-state index in [1.54, 1.807) is 25.1 Å². The van der Waals surface area contributed by atoms with Crippen LogP contribution in [0.3, 0.4) is 0 Å². The maximum atomic E-state index is 10.9. The van der Waals surface area contributed by atoms with E-state index in [-0.39, 0.29) is 12.4 Å². The maximum absolute atomic E-state index is 10.9. The van der Waals surface area contributed by atoms with E-state index in [4.69, 9.17) is 5.73 Å². The fourth-order valence-corrected chi connectivity index (χ4v) is 1.25. The molecule has 0 aliphatic heterocycles. The second-order valence-electron chi connectivity index (χ2n) is 3.13. The lowest BCUT2D eigenvalue weighted by molar-refractivity contribution is 0.0994. The third-order valence-electron chi connectivity index (χ3n) is 1.92. The summed E-state index contributed by atoms with van der Waals surface area (Å²) in [6, 6.07) is 5.20. The topological polar surface area (TPSA) is 63.3 Å². The fourth-order valence-electron chi connectivity index (χ4n) is 1.25. The molecule has 0 spiro atoms. The Bertz CT molecular complexity index is 337. The van der Waals surface area contributed by atoms with E-state index in [0.717, 1.165) is 5.56 Å². The van der Waals surface area contributed by atoms with Crippen LogP contribution in [0.2, 0.25) is 0 Å². The number of carbonyl (C=O) groups is 1. The first-order chi connectivity index (χ1) is 6.02. The van der Waals surface area contributed by atoms with E-state index in [9.17, 15) is 9.90 Å². The number of aryl methyl sites for hydroxylation is 1. The highest BCUT2D eigenvalue weighted by Gasteiger charge is 2.11. The minimum Gasteiger partial charge on any atom is -0.389 e. The number of rotatable bonds is 2. The second kappa shape index (κ2) is 4.98. The van der Waals surface area contributed by atoms with E-state index < -0.39 is 12.0 Å². The summed E-state index contributed by atoms with van der Waals surface area (Å²) in [5.41, 5.74) is 7.13. The first-order valence-electron chi connectivity index (χ1n) is 4.11. The molecule has 4 heteroatoms. The number of amides is 1. The van der Waals surface area contributed by atoms with Gasteiger partial charge < -0.3 is 10.8 Å². The van der Waals surface area contributed by atoms with Gasteiger partial charge in [-0.1, -0.05) is 17.7 Å². The molecule has 1 rings (SSSR count). The van der Waals surface area contributed by atoms with Crippen molar-refractivity contribution in [2.45, 2.75) is 20.0 Å². The smallest absolute Gasteiger partial charge is 0.249 e. The number of hydrogen-bond donors (Lipinski definition) is 2. The quantitative estimate of drug-likeness (QED) is 0.787. The van der Waals surface area contributed by atoms with Crippen LogP contribution in [0.25, 0.3) is 0 Å². The summed E-state index contributed by atoms with van der Waals surface area (Å²) in [6.07, 6.45) is -0.664. The molecule has 1 atom stereocenters. The molecule has 1 aromatic carbocycles. The van der Waals surface area contributed by atoms with Gasteiger partial charge in [0.05, 0.1) is 6.10 Å². The van der Waals surface area contributed by atoms with Gasteiger partial charge in [-0.05, 0) is 25.5 Å². The molecule has 0 bridgehead atoms. The Balaban J connectivity index is 0.00000169. The Labute approximate surface area is 89.3 Å². The molecule has 0 aliphatic carbocycles. The van der Waals surface area contributed by atoms with Crippen LogP contribution in [-0.4, -0.2) is 11.0 Å². The van der Waals surface area contributed by atoms with Crippen molar-refractivity contribution in [3.05, 3.63) is 34.9 Å². The number of carbonyl (C=O) groups excluding carboxylic acids is 1. The molecule has 0 fully saturated rings. The van der Waals surface area contributed by atoms with Gasteiger partial charge in [0, 0.05) is 5.56 Å². The summed E-state index contributed by atoms with van der Waals surface area (Å²) in [4.78, 5) is 10.9. The summed E-state index contributed by atoms with van der Waals surface area (Å²) in [7, 11) is 0. The molecule has 1 aromatic rings. The molecule has 0 saturated heterocycles. The largest absolute Gasteiger partial charge is 0.389 e. The van der Waals surface area contributed by atoms with E-state index in [0.29, 0.717) is 11.1 Å². The third-order valence-corrected chi connectivity index (χ3v) is 1.92. The molecule has 78 valence electrons. The zero-order chi connectivity index (χ0) is 10.0. The molecule has 1 unspecified atom stereocenters. The molecular formula is C10H14ClNO2. The second-order valence-corrected chi connectivity index (χ2v) is 3.13. The van der Waals surface area contributed by atoms with Gasteiger partial charge in [-0.3, -0.25) is 4.79 Å². The lowest BCUT2D eigenvalue weighted by atomic mass is 10.0. The number of benzene rings is 1. The zero-order valence-electron chi connectivity index (χ0n) is 8.15. The normalized spacial score (nSPS) is 11.6. The van der Waals surface area contributed by atoms with Crippen molar-refractivity contribution >= 4 is 18.3 Å². The molecule has 3 nitrogen and oxygen atoms in total. The zero-order valence-corrected chi connectivity index (χ0v) is 8.97. The summed E-state index contributed by atoms with van der Waals surface area (Å²) < 4.78 is 0.